The smallest absolute Gasteiger partial charge is 0.198 e. The lowest BCUT2D eigenvalue weighted by atomic mass is 10.2. The summed E-state index contributed by atoms with van der Waals surface area (Å²) in [6.45, 7) is 3.11. The zero-order valence-electron chi connectivity index (χ0n) is 14.6. The molecule has 0 amide bonds. The number of nitrogens with zero attached hydrogens (tertiary/aromatic N) is 1. The Hall–Kier alpha value is -1.33. The molecule has 0 saturated heterocycles. The SMILES string of the molecule is NCCCNCCCCNc1cc(F)c(S(=O)Nc2ncc(F)s2)cc1Cl. The maximum atomic E-state index is 14.3. The third-order valence-electron chi connectivity index (χ3n) is 3.53. The molecule has 1 atom stereocenters. The number of unbranched alkanes of at least 4 members (excludes halogenated alkanes) is 1. The quantitative estimate of drug-likeness (QED) is 0.382. The highest BCUT2D eigenvalue weighted by atomic mass is 35.5. The monoisotopic (exact) mass is 437 g/mol. The van der Waals surface area contributed by atoms with E-state index in [1.54, 1.807) is 0 Å². The highest BCUT2D eigenvalue weighted by Crippen LogP contribution is 2.28. The average Bonchev–Trinajstić information content (AvgIpc) is 3.04. The van der Waals surface area contributed by atoms with E-state index in [4.69, 9.17) is 17.3 Å². The van der Waals surface area contributed by atoms with E-state index in [2.05, 4.69) is 20.3 Å². The van der Waals surface area contributed by atoms with Gasteiger partial charge in [0.15, 0.2) is 21.2 Å². The number of hydrogen-bond donors (Lipinski definition) is 4. The summed E-state index contributed by atoms with van der Waals surface area (Å²) in [5.74, 6) is -0.673. The van der Waals surface area contributed by atoms with E-state index in [0.29, 0.717) is 30.1 Å². The number of thiazole rings is 1. The van der Waals surface area contributed by atoms with Crippen LogP contribution < -0.4 is 21.1 Å². The lowest BCUT2D eigenvalue weighted by molar-refractivity contribution is 0.596. The summed E-state index contributed by atoms with van der Waals surface area (Å²) in [5.41, 5.74) is 5.85. The fourth-order valence-corrected chi connectivity index (χ4v) is 4.06. The Morgan fingerprint density at radius 3 is 2.63 bits per heavy atom. The predicted octanol–water partition coefficient (Wildman–Crippen LogP) is 3.34. The molecule has 5 N–H and O–H groups in total. The van der Waals surface area contributed by atoms with Crippen LogP contribution in [0.3, 0.4) is 0 Å². The van der Waals surface area contributed by atoms with Crippen LogP contribution in [-0.2, 0) is 11.0 Å². The number of nitrogens with one attached hydrogen (secondary N) is 3. The molecule has 27 heavy (non-hydrogen) atoms. The Morgan fingerprint density at radius 2 is 1.93 bits per heavy atom. The van der Waals surface area contributed by atoms with Crippen LogP contribution in [0.1, 0.15) is 19.3 Å². The van der Waals surface area contributed by atoms with Gasteiger partial charge in [0.1, 0.15) is 5.82 Å². The maximum absolute atomic E-state index is 14.3. The standard InChI is InChI=1S/C16H22ClF2N5OS2/c17-11-8-14(27(25)24-16-23-10-15(19)26-16)12(18)9-13(11)22-7-2-1-5-21-6-3-4-20/h8-10,21-22H,1-7,20H2,(H,23,24). The summed E-state index contributed by atoms with van der Waals surface area (Å²) >= 11 is 6.85. The Labute approximate surface area is 168 Å². The Morgan fingerprint density at radius 1 is 1.19 bits per heavy atom. The van der Waals surface area contributed by atoms with E-state index in [0.717, 1.165) is 38.5 Å². The highest BCUT2D eigenvalue weighted by molar-refractivity contribution is 7.86. The molecule has 0 radical (unpaired) electrons. The van der Waals surface area contributed by atoms with Crippen molar-refractivity contribution in [2.75, 3.05) is 36.2 Å². The Kier molecular flexibility index (Phi) is 9.35. The summed E-state index contributed by atoms with van der Waals surface area (Å²) in [6.07, 6.45) is 3.80. The predicted molar refractivity (Wildman–Crippen MR) is 108 cm³/mol. The lowest BCUT2D eigenvalue weighted by Gasteiger charge is -2.11. The van der Waals surface area contributed by atoms with Gasteiger partial charge in [-0.3, -0.25) is 4.72 Å². The Balaban J connectivity index is 1.83. The first-order chi connectivity index (χ1) is 13.0. The van der Waals surface area contributed by atoms with E-state index in [-0.39, 0.29) is 15.0 Å². The molecule has 150 valence electrons. The molecule has 0 bridgehead atoms. The van der Waals surface area contributed by atoms with Crippen LogP contribution in [0.2, 0.25) is 5.02 Å². The van der Waals surface area contributed by atoms with Gasteiger partial charge in [0, 0.05) is 6.54 Å². The van der Waals surface area contributed by atoms with Gasteiger partial charge in [0.05, 0.1) is 21.8 Å². The molecule has 1 aromatic heterocycles. The van der Waals surface area contributed by atoms with Crippen molar-refractivity contribution in [3.8, 4) is 0 Å². The number of hydrogen-bond acceptors (Lipinski definition) is 6. The second kappa shape index (κ2) is 11.5. The van der Waals surface area contributed by atoms with Crippen molar-refractivity contribution in [2.24, 2.45) is 5.73 Å². The van der Waals surface area contributed by atoms with Gasteiger partial charge in [-0.15, -0.1) is 0 Å². The molecule has 1 aromatic carbocycles. The van der Waals surface area contributed by atoms with Gasteiger partial charge < -0.3 is 16.4 Å². The Bertz CT molecular complexity index is 762. The first kappa shape index (κ1) is 22.0. The zero-order valence-corrected chi connectivity index (χ0v) is 17.0. The number of halogens is 3. The van der Waals surface area contributed by atoms with Crippen molar-refractivity contribution >= 4 is 44.7 Å². The van der Waals surface area contributed by atoms with E-state index in [1.165, 1.54) is 12.1 Å². The second-order valence-corrected chi connectivity index (χ2v) is 8.20. The van der Waals surface area contributed by atoms with E-state index < -0.39 is 21.9 Å². The molecule has 2 rings (SSSR count). The first-order valence-corrected chi connectivity index (χ1v) is 10.8. The van der Waals surface area contributed by atoms with Gasteiger partial charge in [0.2, 0.25) is 0 Å². The number of rotatable bonds is 12. The van der Waals surface area contributed by atoms with Crippen LogP contribution in [0.15, 0.2) is 23.2 Å². The number of benzene rings is 1. The normalized spacial score (nSPS) is 12.1. The third kappa shape index (κ3) is 7.30. The molecule has 11 heteroatoms. The topological polar surface area (TPSA) is 92.1 Å². The van der Waals surface area contributed by atoms with Crippen LogP contribution in [0.4, 0.5) is 19.6 Å². The van der Waals surface area contributed by atoms with Crippen molar-refractivity contribution in [2.45, 2.75) is 24.2 Å². The molecule has 1 unspecified atom stereocenters. The second-order valence-electron chi connectivity index (χ2n) is 5.63. The fourth-order valence-electron chi connectivity index (χ4n) is 2.19. The minimum Gasteiger partial charge on any atom is -0.384 e. The van der Waals surface area contributed by atoms with Crippen molar-refractivity contribution in [1.29, 1.82) is 0 Å². The fraction of sp³-hybridized carbons (Fsp3) is 0.438. The van der Waals surface area contributed by atoms with E-state index >= 15 is 0 Å². The van der Waals surface area contributed by atoms with Crippen molar-refractivity contribution in [3.05, 3.63) is 34.3 Å². The minimum absolute atomic E-state index is 0.101. The molecule has 6 nitrogen and oxygen atoms in total. The molecular weight excluding hydrogens is 416 g/mol. The average molecular weight is 438 g/mol. The molecule has 0 fully saturated rings. The van der Waals surface area contributed by atoms with Gasteiger partial charge in [-0.2, -0.15) is 4.39 Å². The summed E-state index contributed by atoms with van der Waals surface area (Å²) in [6, 6.07) is 2.50. The molecule has 0 spiro atoms. The van der Waals surface area contributed by atoms with Gasteiger partial charge >= 0.3 is 0 Å². The minimum atomic E-state index is -1.94. The summed E-state index contributed by atoms with van der Waals surface area (Å²) in [4.78, 5) is 3.57. The molecule has 0 saturated carbocycles. The number of nitrogens with two attached hydrogens (primary N) is 1. The van der Waals surface area contributed by atoms with Crippen LogP contribution in [-0.4, -0.2) is 35.4 Å². The van der Waals surface area contributed by atoms with Gasteiger partial charge in [-0.25, -0.2) is 13.6 Å². The highest BCUT2D eigenvalue weighted by Gasteiger charge is 2.15. The van der Waals surface area contributed by atoms with Crippen molar-refractivity contribution in [1.82, 2.24) is 10.3 Å². The van der Waals surface area contributed by atoms with E-state index in [1.807, 2.05) is 0 Å². The molecular formula is C16H22ClF2N5OS2. The van der Waals surface area contributed by atoms with Crippen LogP contribution in [0.5, 0.6) is 0 Å². The molecule has 0 aliphatic rings. The van der Waals surface area contributed by atoms with Gasteiger partial charge in [-0.1, -0.05) is 22.9 Å². The van der Waals surface area contributed by atoms with Crippen LogP contribution >= 0.6 is 22.9 Å². The maximum Gasteiger partial charge on any atom is 0.198 e. The molecule has 1 heterocycles. The zero-order chi connectivity index (χ0) is 19.6. The molecule has 0 aliphatic carbocycles. The first-order valence-electron chi connectivity index (χ1n) is 8.44. The molecule has 0 aliphatic heterocycles. The summed E-state index contributed by atoms with van der Waals surface area (Å²) in [5, 5.41) is 6.19. The number of aromatic nitrogens is 1. The van der Waals surface area contributed by atoms with Gasteiger partial charge in [-0.05, 0) is 51.0 Å². The van der Waals surface area contributed by atoms with Crippen molar-refractivity contribution in [3.63, 3.8) is 0 Å². The van der Waals surface area contributed by atoms with Crippen LogP contribution in [0.25, 0.3) is 0 Å². The summed E-state index contributed by atoms with van der Waals surface area (Å²) < 4.78 is 41.9. The number of anilines is 2. The van der Waals surface area contributed by atoms with Crippen LogP contribution in [0, 0.1) is 10.9 Å². The molecule has 2 aromatic rings. The third-order valence-corrected chi connectivity index (χ3v) is 5.77. The largest absolute Gasteiger partial charge is 0.384 e. The van der Waals surface area contributed by atoms with E-state index in [9.17, 15) is 13.0 Å². The summed E-state index contributed by atoms with van der Waals surface area (Å²) in [7, 11) is -1.94. The van der Waals surface area contributed by atoms with Crippen molar-refractivity contribution < 1.29 is 13.0 Å². The van der Waals surface area contributed by atoms with Gasteiger partial charge in [0.25, 0.3) is 0 Å². The lowest BCUT2D eigenvalue weighted by Crippen LogP contribution is -2.19.